The Morgan fingerprint density at radius 2 is 2.42 bits per heavy atom. The minimum Gasteiger partial charge on any atom is -0.424 e. The van der Waals surface area contributed by atoms with E-state index in [0.717, 1.165) is 13.0 Å². The van der Waals surface area contributed by atoms with Crippen LogP contribution in [0.3, 0.4) is 0 Å². The highest BCUT2D eigenvalue weighted by molar-refractivity contribution is 6.16. The Labute approximate surface area is 74.9 Å². The van der Waals surface area contributed by atoms with E-state index in [-0.39, 0.29) is 11.8 Å². The van der Waals surface area contributed by atoms with Crippen molar-refractivity contribution in [2.75, 3.05) is 13.2 Å². The van der Waals surface area contributed by atoms with E-state index < -0.39 is 0 Å². The number of halogens is 1. The maximum atomic E-state index is 5.52. The Kier molecular flexibility index (Phi) is 2.28. The number of alkyl halides is 1. The van der Waals surface area contributed by atoms with E-state index in [4.69, 9.17) is 20.8 Å². The van der Waals surface area contributed by atoms with Crippen LogP contribution < -0.4 is 0 Å². The predicted octanol–water partition coefficient (Wildman–Crippen LogP) is 1.31. The van der Waals surface area contributed by atoms with Crippen LogP contribution in [0.25, 0.3) is 0 Å². The van der Waals surface area contributed by atoms with Gasteiger partial charge in [-0.1, -0.05) is 0 Å². The summed E-state index contributed by atoms with van der Waals surface area (Å²) in [6, 6.07) is 0. The third-order valence-electron chi connectivity index (χ3n) is 1.88. The van der Waals surface area contributed by atoms with E-state index in [1.54, 1.807) is 0 Å². The zero-order valence-electron chi connectivity index (χ0n) is 6.49. The zero-order chi connectivity index (χ0) is 8.39. The van der Waals surface area contributed by atoms with E-state index in [9.17, 15) is 0 Å². The molecular formula is C7H9ClN2O2. The molecule has 1 aliphatic heterocycles. The van der Waals surface area contributed by atoms with Crippen LogP contribution in [0.15, 0.2) is 4.42 Å². The van der Waals surface area contributed by atoms with E-state index >= 15 is 0 Å². The Bertz CT molecular complexity index is 258. The average Bonchev–Trinajstić information content (AvgIpc) is 2.75. The highest BCUT2D eigenvalue weighted by atomic mass is 35.5. The summed E-state index contributed by atoms with van der Waals surface area (Å²) >= 11 is 5.52. The molecule has 1 aromatic heterocycles. The van der Waals surface area contributed by atoms with Crippen LogP contribution in [-0.2, 0) is 10.6 Å². The number of aromatic nitrogens is 2. The van der Waals surface area contributed by atoms with Crippen LogP contribution >= 0.6 is 11.6 Å². The van der Waals surface area contributed by atoms with Crippen molar-refractivity contribution in [2.24, 2.45) is 0 Å². The summed E-state index contributed by atoms with van der Waals surface area (Å²) in [5.41, 5.74) is 0. The molecule has 0 aromatic carbocycles. The molecule has 2 rings (SSSR count). The molecular weight excluding hydrogens is 180 g/mol. The Balaban J connectivity index is 2.11. The quantitative estimate of drug-likeness (QED) is 0.657. The van der Waals surface area contributed by atoms with Crippen molar-refractivity contribution in [1.29, 1.82) is 0 Å². The summed E-state index contributed by atoms with van der Waals surface area (Å²) in [6.07, 6.45) is 0.962. The van der Waals surface area contributed by atoms with Crippen LogP contribution in [0.4, 0.5) is 0 Å². The summed E-state index contributed by atoms with van der Waals surface area (Å²) < 4.78 is 10.5. The monoisotopic (exact) mass is 188 g/mol. The van der Waals surface area contributed by atoms with Crippen molar-refractivity contribution in [1.82, 2.24) is 10.2 Å². The van der Waals surface area contributed by atoms with Crippen molar-refractivity contribution >= 4 is 11.6 Å². The van der Waals surface area contributed by atoms with Crippen LogP contribution in [0.1, 0.15) is 24.1 Å². The lowest BCUT2D eigenvalue weighted by molar-refractivity contribution is 0.190. The first-order chi connectivity index (χ1) is 5.90. The van der Waals surface area contributed by atoms with Crippen molar-refractivity contribution in [2.45, 2.75) is 18.2 Å². The fourth-order valence-electron chi connectivity index (χ4n) is 1.21. The molecule has 0 N–H and O–H groups in total. The molecule has 0 amide bonds. The van der Waals surface area contributed by atoms with Gasteiger partial charge < -0.3 is 9.15 Å². The normalized spacial score (nSPS) is 23.2. The van der Waals surface area contributed by atoms with Gasteiger partial charge in [0, 0.05) is 6.61 Å². The predicted molar refractivity (Wildman–Crippen MR) is 42.0 cm³/mol. The largest absolute Gasteiger partial charge is 0.424 e. The summed E-state index contributed by atoms with van der Waals surface area (Å²) in [5, 5.41) is 7.66. The Hall–Kier alpha value is -0.610. The van der Waals surface area contributed by atoms with Gasteiger partial charge in [0.15, 0.2) is 0 Å². The average molecular weight is 189 g/mol. The zero-order valence-corrected chi connectivity index (χ0v) is 7.25. The lowest BCUT2D eigenvalue weighted by atomic mass is 10.1. The molecule has 5 heteroatoms. The smallest absolute Gasteiger partial charge is 0.231 e. The minimum atomic E-state index is 0.273. The third kappa shape index (κ3) is 1.44. The van der Waals surface area contributed by atoms with Gasteiger partial charge in [-0.15, -0.1) is 21.8 Å². The summed E-state index contributed by atoms with van der Waals surface area (Å²) in [4.78, 5) is 0. The SMILES string of the molecule is ClCc1nnc(C2CCOC2)o1. The van der Waals surface area contributed by atoms with Gasteiger partial charge >= 0.3 is 0 Å². The molecule has 1 aromatic rings. The van der Waals surface area contributed by atoms with E-state index in [1.807, 2.05) is 0 Å². The van der Waals surface area contributed by atoms with Gasteiger partial charge in [0.1, 0.15) is 5.88 Å². The van der Waals surface area contributed by atoms with Gasteiger partial charge in [-0.3, -0.25) is 0 Å². The summed E-state index contributed by atoms with van der Waals surface area (Å²) in [5.74, 6) is 1.69. The van der Waals surface area contributed by atoms with Gasteiger partial charge in [-0.05, 0) is 6.42 Å². The Morgan fingerprint density at radius 3 is 3.00 bits per heavy atom. The standard InChI is InChI=1S/C7H9ClN2O2/c8-3-6-9-10-7(12-6)5-1-2-11-4-5/h5H,1-4H2. The van der Waals surface area contributed by atoms with Crippen LogP contribution in [0.5, 0.6) is 0 Å². The second-order valence-corrected chi connectivity index (χ2v) is 3.00. The van der Waals surface area contributed by atoms with Gasteiger partial charge in [-0.25, -0.2) is 0 Å². The molecule has 4 nitrogen and oxygen atoms in total. The molecule has 2 heterocycles. The Morgan fingerprint density at radius 1 is 1.50 bits per heavy atom. The fraction of sp³-hybridized carbons (Fsp3) is 0.714. The highest BCUT2D eigenvalue weighted by Crippen LogP contribution is 2.23. The van der Waals surface area contributed by atoms with Gasteiger partial charge in [0.2, 0.25) is 11.8 Å². The molecule has 12 heavy (non-hydrogen) atoms. The molecule has 1 fully saturated rings. The van der Waals surface area contributed by atoms with Gasteiger partial charge in [0.05, 0.1) is 12.5 Å². The highest BCUT2D eigenvalue weighted by Gasteiger charge is 2.23. The molecule has 0 saturated carbocycles. The van der Waals surface area contributed by atoms with Crippen molar-refractivity contribution in [3.8, 4) is 0 Å². The topological polar surface area (TPSA) is 48.2 Å². The lowest BCUT2D eigenvalue weighted by Gasteiger charge is -1.97. The second kappa shape index (κ2) is 3.41. The molecule has 1 atom stereocenters. The molecule has 0 bridgehead atoms. The summed E-state index contributed by atoms with van der Waals surface area (Å²) in [6.45, 7) is 1.47. The van der Waals surface area contributed by atoms with Gasteiger partial charge in [-0.2, -0.15) is 0 Å². The molecule has 0 spiro atoms. The first kappa shape index (κ1) is 8.01. The van der Waals surface area contributed by atoms with Crippen molar-refractivity contribution in [3.63, 3.8) is 0 Å². The van der Waals surface area contributed by atoms with Crippen LogP contribution in [0.2, 0.25) is 0 Å². The van der Waals surface area contributed by atoms with Gasteiger partial charge in [0.25, 0.3) is 0 Å². The maximum absolute atomic E-state index is 5.52. The molecule has 1 saturated heterocycles. The summed E-state index contributed by atoms with van der Waals surface area (Å²) in [7, 11) is 0. The number of hydrogen-bond donors (Lipinski definition) is 0. The number of ether oxygens (including phenoxy) is 1. The lowest BCUT2D eigenvalue weighted by Crippen LogP contribution is -1.97. The first-order valence-corrected chi connectivity index (χ1v) is 4.39. The minimum absolute atomic E-state index is 0.273. The van der Waals surface area contributed by atoms with E-state index in [0.29, 0.717) is 18.4 Å². The number of hydrogen-bond acceptors (Lipinski definition) is 4. The molecule has 66 valence electrons. The fourth-order valence-corrected chi connectivity index (χ4v) is 1.32. The molecule has 1 aliphatic rings. The molecule has 0 radical (unpaired) electrons. The first-order valence-electron chi connectivity index (χ1n) is 3.86. The van der Waals surface area contributed by atoms with Crippen LogP contribution in [-0.4, -0.2) is 23.4 Å². The van der Waals surface area contributed by atoms with E-state index in [2.05, 4.69) is 10.2 Å². The van der Waals surface area contributed by atoms with Crippen LogP contribution in [0, 0.1) is 0 Å². The molecule has 1 unspecified atom stereocenters. The number of rotatable bonds is 2. The number of nitrogens with zero attached hydrogens (tertiary/aromatic N) is 2. The molecule has 0 aliphatic carbocycles. The van der Waals surface area contributed by atoms with Crippen molar-refractivity contribution in [3.05, 3.63) is 11.8 Å². The second-order valence-electron chi connectivity index (χ2n) is 2.73. The van der Waals surface area contributed by atoms with E-state index in [1.165, 1.54) is 0 Å². The maximum Gasteiger partial charge on any atom is 0.231 e. The van der Waals surface area contributed by atoms with Crippen molar-refractivity contribution < 1.29 is 9.15 Å². The third-order valence-corrected chi connectivity index (χ3v) is 2.10.